The van der Waals surface area contributed by atoms with Crippen molar-refractivity contribution in [2.24, 2.45) is 0 Å². The smallest absolute Gasteiger partial charge is 0.274 e. The van der Waals surface area contributed by atoms with Gasteiger partial charge in [-0.1, -0.05) is 18.2 Å². The Hall–Kier alpha value is -3.22. The maximum atomic E-state index is 13.2. The third kappa shape index (κ3) is 4.91. The van der Waals surface area contributed by atoms with E-state index >= 15 is 0 Å². The van der Waals surface area contributed by atoms with Crippen molar-refractivity contribution in [3.63, 3.8) is 0 Å². The topological polar surface area (TPSA) is 98.1 Å². The number of anilines is 1. The maximum absolute atomic E-state index is 13.2. The highest BCUT2D eigenvalue weighted by atomic mass is 19.1. The van der Waals surface area contributed by atoms with Crippen LogP contribution in [0.15, 0.2) is 54.6 Å². The number of rotatable bonds is 6. The van der Waals surface area contributed by atoms with Gasteiger partial charge in [0.25, 0.3) is 5.91 Å². The molecule has 2 aromatic rings. The molecule has 0 aliphatic carbocycles. The van der Waals surface area contributed by atoms with Gasteiger partial charge in [0, 0.05) is 19.3 Å². The summed E-state index contributed by atoms with van der Waals surface area (Å²) in [6, 6.07) is 9.67. The van der Waals surface area contributed by atoms with Crippen molar-refractivity contribution in [3.05, 3.63) is 71.5 Å². The number of aliphatic hydroxyl groups excluding tert-OH is 1. The third-order valence-corrected chi connectivity index (χ3v) is 3.15. The van der Waals surface area contributed by atoms with Gasteiger partial charge in [-0.2, -0.15) is 0 Å². The van der Waals surface area contributed by atoms with Gasteiger partial charge in [-0.25, -0.2) is 9.37 Å². The van der Waals surface area contributed by atoms with E-state index in [1.807, 2.05) is 6.07 Å². The highest BCUT2D eigenvalue weighted by Gasteiger charge is 2.09. The molecule has 0 bridgehead atoms. The van der Waals surface area contributed by atoms with E-state index in [0.717, 1.165) is 17.2 Å². The molecule has 0 aliphatic heterocycles. The van der Waals surface area contributed by atoms with E-state index in [1.54, 1.807) is 24.4 Å². The molecule has 1 amide bonds. The van der Waals surface area contributed by atoms with Crippen LogP contribution in [0.4, 0.5) is 10.2 Å². The van der Waals surface area contributed by atoms with E-state index in [9.17, 15) is 14.3 Å². The summed E-state index contributed by atoms with van der Waals surface area (Å²) >= 11 is 0. The number of amides is 1. The number of hydrogen-bond acceptors (Lipinski definition) is 5. The summed E-state index contributed by atoms with van der Waals surface area (Å²) in [4.78, 5) is 15.9. The minimum atomic E-state index is -0.692. The van der Waals surface area contributed by atoms with E-state index in [4.69, 9.17) is 5.41 Å². The van der Waals surface area contributed by atoms with E-state index in [2.05, 4.69) is 15.6 Å². The van der Waals surface area contributed by atoms with Crippen LogP contribution in [0, 0.1) is 11.2 Å². The van der Waals surface area contributed by atoms with Crippen LogP contribution >= 0.6 is 0 Å². The number of hydrogen-bond donors (Lipinski definition) is 4. The summed E-state index contributed by atoms with van der Waals surface area (Å²) in [7, 11) is 1.47. The zero-order valence-electron chi connectivity index (χ0n) is 13.0. The van der Waals surface area contributed by atoms with Crippen molar-refractivity contribution in [2.45, 2.75) is 6.42 Å². The lowest BCUT2D eigenvalue weighted by Crippen LogP contribution is -2.22. The van der Waals surface area contributed by atoms with E-state index in [1.165, 1.54) is 19.2 Å². The summed E-state index contributed by atoms with van der Waals surface area (Å²) in [5, 5.41) is 21.6. The summed E-state index contributed by atoms with van der Waals surface area (Å²) in [5.74, 6) is -0.985. The van der Waals surface area contributed by atoms with Crippen LogP contribution in [0.3, 0.4) is 0 Å². The number of carbonyl (C=O) groups is 1. The number of benzene rings is 1. The summed E-state index contributed by atoms with van der Waals surface area (Å²) in [6.45, 7) is 0. The first-order valence-electron chi connectivity index (χ1n) is 7.15. The highest BCUT2D eigenvalue weighted by molar-refractivity contribution is 6.45. The minimum Gasteiger partial charge on any atom is -0.495 e. The van der Waals surface area contributed by atoms with E-state index in [-0.39, 0.29) is 17.5 Å². The molecule has 0 aliphatic rings. The number of nitrogens with one attached hydrogen (secondary N) is 3. The van der Waals surface area contributed by atoms with Crippen molar-refractivity contribution < 1.29 is 14.3 Å². The Bertz CT molecular complexity index is 772. The molecule has 1 aromatic carbocycles. The molecule has 0 radical (unpaired) electrons. The highest BCUT2D eigenvalue weighted by Crippen LogP contribution is 2.12. The molecule has 1 aromatic heterocycles. The molecule has 124 valence electrons. The van der Waals surface area contributed by atoms with E-state index < -0.39 is 11.6 Å². The number of nitrogens with zero attached hydrogens (tertiary/aromatic N) is 1. The first-order chi connectivity index (χ1) is 11.5. The maximum Gasteiger partial charge on any atom is 0.274 e. The number of aliphatic hydroxyl groups is 1. The molecule has 6 nitrogen and oxygen atoms in total. The second kappa shape index (κ2) is 7.87. The first-order valence-corrected chi connectivity index (χ1v) is 7.15. The summed E-state index contributed by atoms with van der Waals surface area (Å²) in [6.07, 6.45) is 3.09. The predicted octanol–water partition coefficient (Wildman–Crippen LogP) is 2.39. The van der Waals surface area contributed by atoms with Crippen LogP contribution in [0.2, 0.25) is 0 Å². The Morgan fingerprint density at radius 1 is 1.33 bits per heavy atom. The molecule has 2 rings (SSSR count). The molecule has 0 saturated carbocycles. The average Bonchev–Trinajstić information content (AvgIpc) is 2.56. The van der Waals surface area contributed by atoms with Gasteiger partial charge < -0.3 is 15.7 Å². The monoisotopic (exact) mass is 328 g/mol. The SMILES string of the molecule is CN/C(O)=C\C(=N)C(=O)Nc1ccc(Cc2cccc(F)c2)cn1. The predicted molar refractivity (Wildman–Crippen MR) is 89.6 cm³/mol. The Labute approximate surface area is 138 Å². The molecule has 4 N–H and O–H groups in total. The van der Waals surface area contributed by atoms with Gasteiger partial charge >= 0.3 is 0 Å². The largest absolute Gasteiger partial charge is 0.495 e. The van der Waals surface area contributed by atoms with Crippen LogP contribution in [0.1, 0.15) is 11.1 Å². The fourth-order valence-corrected chi connectivity index (χ4v) is 1.94. The molecular weight excluding hydrogens is 311 g/mol. The quantitative estimate of drug-likeness (QED) is 0.483. The lowest BCUT2D eigenvalue weighted by atomic mass is 10.1. The van der Waals surface area contributed by atoms with Crippen LogP contribution in [-0.4, -0.2) is 28.8 Å². The molecule has 0 fully saturated rings. The number of aromatic nitrogens is 1. The van der Waals surface area contributed by atoms with Crippen molar-refractivity contribution in [1.29, 1.82) is 5.41 Å². The van der Waals surface area contributed by atoms with Gasteiger partial charge in [0.15, 0.2) is 5.88 Å². The number of carbonyl (C=O) groups excluding carboxylic acids is 1. The second-order valence-corrected chi connectivity index (χ2v) is 5.01. The lowest BCUT2D eigenvalue weighted by molar-refractivity contribution is -0.110. The van der Waals surface area contributed by atoms with Crippen molar-refractivity contribution in [3.8, 4) is 0 Å². The average molecular weight is 328 g/mol. The Kier molecular flexibility index (Phi) is 5.62. The molecule has 0 atom stereocenters. The van der Waals surface area contributed by atoms with Crippen LogP contribution < -0.4 is 10.6 Å². The molecular formula is C17H17FN4O2. The summed E-state index contributed by atoms with van der Waals surface area (Å²) < 4.78 is 13.2. The molecule has 7 heteroatoms. The zero-order chi connectivity index (χ0) is 17.5. The van der Waals surface area contributed by atoms with Gasteiger partial charge in [0.1, 0.15) is 17.3 Å². The van der Waals surface area contributed by atoms with Crippen molar-refractivity contribution >= 4 is 17.4 Å². The van der Waals surface area contributed by atoms with Gasteiger partial charge in [0.2, 0.25) is 0 Å². The Morgan fingerprint density at radius 3 is 2.75 bits per heavy atom. The van der Waals surface area contributed by atoms with Gasteiger partial charge in [-0.15, -0.1) is 0 Å². The molecule has 0 saturated heterocycles. The van der Waals surface area contributed by atoms with Crippen LogP contribution in [0.25, 0.3) is 0 Å². The van der Waals surface area contributed by atoms with Crippen molar-refractivity contribution in [1.82, 2.24) is 10.3 Å². The molecule has 24 heavy (non-hydrogen) atoms. The van der Waals surface area contributed by atoms with Gasteiger partial charge in [-0.05, 0) is 35.7 Å². The minimum absolute atomic E-state index is 0.282. The van der Waals surface area contributed by atoms with Gasteiger partial charge in [0.05, 0.1) is 0 Å². The number of halogens is 1. The van der Waals surface area contributed by atoms with Crippen LogP contribution in [-0.2, 0) is 11.2 Å². The zero-order valence-corrected chi connectivity index (χ0v) is 13.0. The second-order valence-electron chi connectivity index (χ2n) is 5.01. The Balaban J connectivity index is 1.99. The Morgan fingerprint density at radius 2 is 2.12 bits per heavy atom. The lowest BCUT2D eigenvalue weighted by Gasteiger charge is -2.06. The molecule has 1 heterocycles. The van der Waals surface area contributed by atoms with Crippen molar-refractivity contribution in [2.75, 3.05) is 12.4 Å². The fourth-order valence-electron chi connectivity index (χ4n) is 1.94. The van der Waals surface area contributed by atoms with E-state index in [0.29, 0.717) is 6.42 Å². The number of pyridine rings is 1. The first kappa shape index (κ1) is 17.1. The normalized spacial score (nSPS) is 11.0. The molecule has 0 spiro atoms. The molecule has 0 unspecified atom stereocenters. The summed E-state index contributed by atoms with van der Waals surface area (Å²) in [5.41, 5.74) is 1.27. The van der Waals surface area contributed by atoms with Gasteiger partial charge in [-0.3, -0.25) is 10.2 Å². The van der Waals surface area contributed by atoms with Crippen LogP contribution in [0.5, 0.6) is 0 Å². The third-order valence-electron chi connectivity index (χ3n) is 3.15. The standard InChI is InChI=1S/C17H17FN4O2/c1-20-16(23)9-14(19)17(24)22-15-6-5-12(10-21-15)7-11-3-2-4-13(18)8-11/h2-6,8-10,19-20,23H,7H2,1H3,(H,21,22,24)/b16-9+,19-14?. The fraction of sp³-hybridized carbons (Fsp3) is 0.118.